The monoisotopic (exact) mass is 277 g/mol. The highest BCUT2D eigenvalue weighted by molar-refractivity contribution is 6.19. The Bertz CT molecular complexity index is 308. The fraction of sp³-hybridized carbons (Fsp3) is 0.727. The second kappa shape index (κ2) is 8.74. The fourth-order valence-corrected chi connectivity index (χ4v) is 1.20. The van der Waals surface area contributed by atoms with Crippen LogP contribution in [0, 0.1) is 5.92 Å². The third kappa shape index (κ3) is 7.89. The van der Waals surface area contributed by atoms with Gasteiger partial charge in [0.1, 0.15) is 6.04 Å². The topological polar surface area (TPSA) is 87.3 Å². The van der Waals surface area contributed by atoms with Gasteiger partial charge in [-0.15, -0.1) is 11.6 Å². The molecule has 1 unspecified atom stereocenters. The zero-order valence-corrected chi connectivity index (χ0v) is 11.6. The van der Waals surface area contributed by atoms with Gasteiger partial charge in [0.15, 0.2) is 0 Å². The van der Waals surface area contributed by atoms with Gasteiger partial charge in [-0.25, -0.2) is 4.79 Å². The third-order valence-electron chi connectivity index (χ3n) is 2.00. The first-order valence-corrected chi connectivity index (χ1v) is 6.34. The zero-order valence-electron chi connectivity index (χ0n) is 10.9. The van der Waals surface area contributed by atoms with Crippen LogP contribution in [0.2, 0.25) is 0 Å². The number of carbonyl (C=O) groups excluding carboxylic acids is 3. The Morgan fingerprint density at radius 1 is 1.17 bits per heavy atom. The quantitative estimate of drug-likeness (QED) is 0.622. The van der Waals surface area contributed by atoms with Crippen molar-refractivity contribution in [3.05, 3.63) is 0 Å². The standard InChI is InChI=1S/C11H20ClN3O3/c1-7(2)6-13-10(17)8(3)14-11(18)15-9(16)4-5-12/h7-8H,4-6H2,1-3H3,(H,13,17)(H2,14,15,16,18). The molecule has 7 heteroatoms. The molecule has 18 heavy (non-hydrogen) atoms. The summed E-state index contributed by atoms with van der Waals surface area (Å²) in [5.74, 6) is -0.287. The second-order valence-electron chi connectivity index (χ2n) is 4.32. The van der Waals surface area contributed by atoms with E-state index < -0.39 is 18.0 Å². The first-order chi connectivity index (χ1) is 8.36. The van der Waals surface area contributed by atoms with Gasteiger partial charge in [0.05, 0.1) is 0 Å². The number of hydrogen-bond donors (Lipinski definition) is 3. The molecule has 0 fully saturated rings. The number of halogens is 1. The number of amides is 4. The van der Waals surface area contributed by atoms with E-state index in [4.69, 9.17) is 11.6 Å². The van der Waals surface area contributed by atoms with Gasteiger partial charge in [0, 0.05) is 18.8 Å². The van der Waals surface area contributed by atoms with Gasteiger partial charge in [0.25, 0.3) is 0 Å². The summed E-state index contributed by atoms with van der Waals surface area (Å²) in [7, 11) is 0. The maximum Gasteiger partial charge on any atom is 0.322 e. The van der Waals surface area contributed by atoms with Crippen molar-refractivity contribution < 1.29 is 14.4 Å². The van der Waals surface area contributed by atoms with Gasteiger partial charge in [-0.1, -0.05) is 13.8 Å². The Morgan fingerprint density at radius 3 is 2.28 bits per heavy atom. The maximum atomic E-state index is 11.5. The van der Waals surface area contributed by atoms with Crippen molar-refractivity contribution in [2.75, 3.05) is 12.4 Å². The van der Waals surface area contributed by atoms with Crippen LogP contribution in [0.25, 0.3) is 0 Å². The number of nitrogens with one attached hydrogen (secondary N) is 3. The molecule has 0 heterocycles. The molecule has 6 nitrogen and oxygen atoms in total. The number of imide groups is 1. The van der Waals surface area contributed by atoms with E-state index in [9.17, 15) is 14.4 Å². The first-order valence-electron chi connectivity index (χ1n) is 5.80. The highest BCUT2D eigenvalue weighted by Crippen LogP contribution is 1.89. The van der Waals surface area contributed by atoms with E-state index in [-0.39, 0.29) is 18.2 Å². The predicted molar refractivity (Wildman–Crippen MR) is 69.3 cm³/mol. The van der Waals surface area contributed by atoms with Crippen molar-refractivity contribution in [2.45, 2.75) is 33.2 Å². The van der Waals surface area contributed by atoms with Crippen LogP contribution in [0.3, 0.4) is 0 Å². The predicted octanol–water partition coefficient (Wildman–Crippen LogP) is 0.602. The van der Waals surface area contributed by atoms with Crippen LogP contribution in [0.1, 0.15) is 27.2 Å². The molecule has 3 N–H and O–H groups in total. The average Bonchev–Trinajstić information content (AvgIpc) is 2.25. The first kappa shape index (κ1) is 16.7. The average molecular weight is 278 g/mol. The molecular weight excluding hydrogens is 258 g/mol. The minimum absolute atomic E-state index is 0.0584. The number of carbonyl (C=O) groups is 3. The summed E-state index contributed by atoms with van der Waals surface area (Å²) < 4.78 is 0. The molecule has 0 aromatic carbocycles. The summed E-state index contributed by atoms with van der Waals surface area (Å²) >= 11 is 5.35. The van der Waals surface area contributed by atoms with Crippen LogP contribution in [-0.4, -0.2) is 36.3 Å². The van der Waals surface area contributed by atoms with E-state index in [0.717, 1.165) is 0 Å². The summed E-state index contributed by atoms with van der Waals surface area (Å²) in [6, 6.07) is -1.40. The minimum Gasteiger partial charge on any atom is -0.354 e. The van der Waals surface area contributed by atoms with Crippen molar-refractivity contribution in [1.82, 2.24) is 16.0 Å². The molecule has 0 spiro atoms. The number of hydrogen-bond acceptors (Lipinski definition) is 3. The second-order valence-corrected chi connectivity index (χ2v) is 4.70. The molecule has 0 radical (unpaired) electrons. The number of urea groups is 1. The molecule has 0 aliphatic heterocycles. The van der Waals surface area contributed by atoms with Crippen molar-refractivity contribution in [3.63, 3.8) is 0 Å². The van der Waals surface area contributed by atoms with Gasteiger partial charge in [-0.3, -0.25) is 14.9 Å². The largest absolute Gasteiger partial charge is 0.354 e. The molecule has 0 aromatic heterocycles. The van der Waals surface area contributed by atoms with Crippen LogP contribution < -0.4 is 16.0 Å². The van der Waals surface area contributed by atoms with Gasteiger partial charge >= 0.3 is 6.03 Å². The fourth-order valence-electron chi connectivity index (χ4n) is 1.03. The molecule has 0 saturated heterocycles. The van der Waals surface area contributed by atoms with Crippen LogP contribution in [0.5, 0.6) is 0 Å². The zero-order chi connectivity index (χ0) is 14.1. The minimum atomic E-state index is -0.701. The summed E-state index contributed by atoms with van der Waals surface area (Å²) in [5, 5.41) is 7.12. The maximum absolute atomic E-state index is 11.5. The molecule has 0 bridgehead atoms. The van der Waals surface area contributed by atoms with Crippen molar-refractivity contribution in [2.24, 2.45) is 5.92 Å². The molecule has 104 valence electrons. The lowest BCUT2D eigenvalue weighted by Gasteiger charge is -2.15. The Hall–Kier alpha value is -1.30. The molecule has 0 aromatic rings. The highest BCUT2D eigenvalue weighted by atomic mass is 35.5. The lowest BCUT2D eigenvalue weighted by Crippen LogP contribution is -2.50. The molecule has 0 rings (SSSR count). The van der Waals surface area contributed by atoms with Crippen molar-refractivity contribution in [3.8, 4) is 0 Å². The van der Waals surface area contributed by atoms with Crippen LogP contribution in [0.15, 0.2) is 0 Å². The van der Waals surface area contributed by atoms with Crippen LogP contribution >= 0.6 is 11.6 Å². The summed E-state index contributed by atoms with van der Waals surface area (Å²) in [5.41, 5.74) is 0. The molecule has 0 saturated carbocycles. The Labute approximate surface area is 112 Å². The molecule has 0 aliphatic rings. The summed E-state index contributed by atoms with van der Waals surface area (Å²) in [6.45, 7) is 6.02. The third-order valence-corrected chi connectivity index (χ3v) is 2.19. The van der Waals surface area contributed by atoms with Crippen molar-refractivity contribution in [1.29, 1.82) is 0 Å². The highest BCUT2D eigenvalue weighted by Gasteiger charge is 2.16. The summed E-state index contributed by atoms with van der Waals surface area (Å²) in [4.78, 5) is 33.9. The molecular formula is C11H20ClN3O3. The van der Waals surface area contributed by atoms with E-state index in [1.54, 1.807) is 6.92 Å². The van der Waals surface area contributed by atoms with Crippen LogP contribution in [0.4, 0.5) is 4.79 Å². The van der Waals surface area contributed by atoms with Crippen molar-refractivity contribution >= 4 is 29.4 Å². The number of rotatable bonds is 6. The Kier molecular flexibility index (Phi) is 8.11. The molecule has 1 atom stereocenters. The Balaban J connectivity index is 3.99. The van der Waals surface area contributed by atoms with E-state index in [0.29, 0.717) is 12.5 Å². The van der Waals surface area contributed by atoms with E-state index in [1.807, 2.05) is 13.8 Å². The normalized spacial score (nSPS) is 11.8. The molecule has 4 amide bonds. The van der Waals surface area contributed by atoms with E-state index in [2.05, 4.69) is 16.0 Å². The Morgan fingerprint density at radius 2 is 1.78 bits per heavy atom. The smallest absolute Gasteiger partial charge is 0.322 e. The van der Waals surface area contributed by atoms with Gasteiger partial charge in [-0.2, -0.15) is 0 Å². The number of alkyl halides is 1. The molecule has 0 aliphatic carbocycles. The van der Waals surface area contributed by atoms with Gasteiger partial charge < -0.3 is 10.6 Å². The lowest BCUT2D eigenvalue weighted by molar-refractivity contribution is -0.123. The van der Waals surface area contributed by atoms with E-state index >= 15 is 0 Å². The summed E-state index contributed by atoms with van der Waals surface area (Å²) in [6.07, 6.45) is 0.0584. The van der Waals surface area contributed by atoms with Crippen LogP contribution in [-0.2, 0) is 9.59 Å². The SMILES string of the molecule is CC(C)CNC(=O)C(C)NC(=O)NC(=O)CCCl. The van der Waals surface area contributed by atoms with E-state index in [1.165, 1.54) is 0 Å². The van der Waals surface area contributed by atoms with Gasteiger partial charge in [-0.05, 0) is 12.8 Å². The van der Waals surface area contributed by atoms with Gasteiger partial charge in [0.2, 0.25) is 11.8 Å². The lowest BCUT2D eigenvalue weighted by atomic mass is 10.2.